The molecule has 86 valence electrons. The Morgan fingerprint density at radius 1 is 1.25 bits per heavy atom. The zero-order chi connectivity index (χ0) is 11.5. The summed E-state index contributed by atoms with van der Waals surface area (Å²) in [6, 6.07) is 11.4. The molecule has 1 heteroatoms. The van der Waals surface area contributed by atoms with Gasteiger partial charge in [0.15, 0.2) is 0 Å². The first-order chi connectivity index (χ1) is 7.72. The van der Waals surface area contributed by atoms with Crippen LogP contribution in [0.1, 0.15) is 33.6 Å². The minimum atomic E-state index is 0.645. The minimum Gasteiger partial charge on any atom is -0.345 e. The molecule has 0 spiro atoms. The van der Waals surface area contributed by atoms with Gasteiger partial charge in [-0.2, -0.15) is 0 Å². The van der Waals surface area contributed by atoms with Gasteiger partial charge in [0.1, 0.15) is 0 Å². The van der Waals surface area contributed by atoms with Crippen molar-refractivity contribution in [1.82, 2.24) is 0 Å². The standard InChI is InChI=1S/C15H21N/c1-4-15-13(3)10-12(2)11-16(15)14-8-6-5-7-9-14/h5-9,11,13,15H,4,10H2,1-3H3/t13-,15-/m0/s1. The summed E-state index contributed by atoms with van der Waals surface area (Å²) in [5, 5.41) is 0. The van der Waals surface area contributed by atoms with Crippen molar-refractivity contribution in [2.45, 2.75) is 39.7 Å². The maximum absolute atomic E-state index is 2.45. The molecule has 0 radical (unpaired) electrons. The third-order valence-electron chi connectivity index (χ3n) is 3.49. The van der Waals surface area contributed by atoms with Gasteiger partial charge in [-0.25, -0.2) is 0 Å². The zero-order valence-electron chi connectivity index (χ0n) is 10.5. The van der Waals surface area contributed by atoms with Gasteiger partial charge >= 0.3 is 0 Å². The summed E-state index contributed by atoms with van der Waals surface area (Å²) in [5.41, 5.74) is 2.81. The second-order valence-corrected chi connectivity index (χ2v) is 4.88. The smallest absolute Gasteiger partial charge is 0.0408 e. The largest absolute Gasteiger partial charge is 0.345 e. The molecule has 0 N–H and O–H groups in total. The van der Waals surface area contributed by atoms with E-state index in [0.29, 0.717) is 6.04 Å². The molecule has 0 aliphatic carbocycles. The van der Waals surface area contributed by atoms with E-state index in [9.17, 15) is 0 Å². The van der Waals surface area contributed by atoms with Crippen molar-refractivity contribution >= 4 is 5.69 Å². The van der Waals surface area contributed by atoms with Crippen LogP contribution in [0.15, 0.2) is 42.1 Å². The van der Waals surface area contributed by atoms with Gasteiger partial charge in [0, 0.05) is 17.9 Å². The highest BCUT2D eigenvalue weighted by atomic mass is 15.2. The second kappa shape index (κ2) is 4.73. The molecule has 0 aromatic heterocycles. The molecule has 16 heavy (non-hydrogen) atoms. The average molecular weight is 215 g/mol. The third-order valence-corrected chi connectivity index (χ3v) is 3.49. The fraction of sp³-hybridized carbons (Fsp3) is 0.467. The fourth-order valence-corrected chi connectivity index (χ4v) is 2.77. The van der Waals surface area contributed by atoms with Crippen molar-refractivity contribution < 1.29 is 0 Å². The van der Waals surface area contributed by atoms with E-state index >= 15 is 0 Å². The molecule has 0 bridgehead atoms. The van der Waals surface area contributed by atoms with Gasteiger partial charge < -0.3 is 4.90 Å². The molecule has 1 aromatic carbocycles. The Hall–Kier alpha value is -1.24. The monoisotopic (exact) mass is 215 g/mol. The Morgan fingerprint density at radius 3 is 2.56 bits per heavy atom. The molecule has 0 saturated carbocycles. The van der Waals surface area contributed by atoms with E-state index in [0.717, 1.165) is 5.92 Å². The van der Waals surface area contributed by atoms with Crippen molar-refractivity contribution in [3.8, 4) is 0 Å². The molecule has 2 rings (SSSR count). The molecule has 1 heterocycles. The van der Waals surface area contributed by atoms with Crippen LogP contribution in [0.3, 0.4) is 0 Å². The molecule has 0 saturated heterocycles. The predicted molar refractivity (Wildman–Crippen MR) is 70.5 cm³/mol. The molecular formula is C15H21N. The first kappa shape index (κ1) is 11.3. The Balaban J connectivity index is 2.33. The first-order valence-electron chi connectivity index (χ1n) is 6.23. The van der Waals surface area contributed by atoms with Crippen molar-refractivity contribution in [2.75, 3.05) is 4.90 Å². The van der Waals surface area contributed by atoms with E-state index in [1.807, 2.05) is 0 Å². The summed E-state index contributed by atoms with van der Waals surface area (Å²) >= 11 is 0. The Bertz CT molecular complexity index is 366. The number of rotatable bonds is 2. The summed E-state index contributed by atoms with van der Waals surface area (Å²) in [7, 11) is 0. The Kier molecular flexibility index (Phi) is 3.33. The molecule has 1 aliphatic heterocycles. The van der Waals surface area contributed by atoms with E-state index in [1.54, 1.807) is 0 Å². The van der Waals surface area contributed by atoms with Gasteiger partial charge in [0.2, 0.25) is 0 Å². The number of hydrogen-bond donors (Lipinski definition) is 0. The van der Waals surface area contributed by atoms with Gasteiger partial charge in [0.25, 0.3) is 0 Å². The van der Waals surface area contributed by atoms with Gasteiger partial charge in [-0.15, -0.1) is 0 Å². The van der Waals surface area contributed by atoms with Crippen LogP contribution in [0, 0.1) is 5.92 Å². The van der Waals surface area contributed by atoms with E-state index in [-0.39, 0.29) is 0 Å². The van der Waals surface area contributed by atoms with Gasteiger partial charge in [-0.3, -0.25) is 0 Å². The molecule has 0 unspecified atom stereocenters. The third kappa shape index (κ3) is 2.13. The SMILES string of the molecule is CC[C@H]1[C@@H](C)CC(C)=CN1c1ccccc1. The van der Waals surface area contributed by atoms with Crippen molar-refractivity contribution in [2.24, 2.45) is 5.92 Å². The van der Waals surface area contributed by atoms with Gasteiger partial charge in [-0.05, 0) is 37.8 Å². The number of benzene rings is 1. The van der Waals surface area contributed by atoms with Crippen LogP contribution in [-0.4, -0.2) is 6.04 Å². The number of allylic oxidation sites excluding steroid dienone is 1. The quantitative estimate of drug-likeness (QED) is 0.714. The maximum atomic E-state index is 2.45. The number of para-hydroxylation sites is 1. The molecule has 0 fully saturated rings. The summed E-state index contributed by atoms with van der Waals surface area (Å²) in [5.74, 6) is 0.746. The topological polar surface area (TPSA) is 3.24 Å². The molecular weight excluding hydrogens is 194 g/mol. The molecule has 2 atom stereocenters. The van der Waals surface area contributed by atoms with Crippen molar-refractivity contribution in [3.05, 3.63) is 42.1 Å². The predicted octanol–water partition coefficient (Wildman–Crippen LogP) is 4.22. The second-order valence-electron chi connectivity index (χ2n) is 4.88. The molecule has 1 aliphatic rings. The molecule has 1 nitrogen and oxygen atoms in total. The van der Waals surface area contributed by atoms with Crippen LogP contribution in [0.25, 0.3) is 0 Å². The van der Waals surface area contributed by atoms with Crippen LogP contribution in [-0.2, 0) is 0 Å². The van der Waals surface area contributed by atoms with E-state index < -0.39 is 0 Å². The normalized spacial score (nSPS) is 25.4. The lowest BCUT2D eigenvalue weighted by atomic mass is 9.88. The summed E-state index contributed by atoms with van der Waals surface area (Å²) in [6.45, 7) is 6.88. The maximum Gasteiger partial charge on any atom is 0.0408 e. The lowest BCUT2D eigenvalue weighted by Crippen LogP contribution is -2.39. The van der Waals surface area contributed by atoms with E-state index in [2.05, 4.69) is 62.2 Å². The Labute approximate surface area is 98.8 Å². The van der Waals surface area contributed by atoms with Gasteiger partial charge in [0.05, 0.1) is 0 Å². The van der Waals surface area contributed by atoms with Gasteiger partial charge in [-0.1, -0.05) is 37.6 Å². The minimum absolute atomic E-state index is 0.645. The van der Waals surface area contributed by atoms with Crippen molar-refractivity contribution in [3.63, 3.8) is 0 Å². The van der Waals surface area contributed by atoms with Crippen LogP contribution in [0.4, 0.5) is 5.69 Å². The summed E-state index contributed by atoms with van der Waals surface area (Å²) in [6.07, 6.45) is 4.77. The number of hydrogen-bond acceptors (Lipinski definition) is 1. The highest BCUT2D eigenvalue weighted by Gasteiger charge is 2.26. The van der Waals surface area contributed by atoms with Crippen LogP contribution in [0.5, 0.6) is 0 Å². The zero-order valence-corrected chi connectivity index (χ0v) is 10.5. The summed E-state index contributed by atoms with van der Waals surface area (Å²) in [4.78, 5) is 2.45. The Morgan fingerprint density at radius 2 is 1.94 bits per heavy atom. The van der Waals surface area contributed by atoms with Crippen LogP contribution >= 0.6 is 0 Å². The average Bonchev–Trinajstić information content (AvgIpc) is 2.29. The molecule has 0 amide bonds. The first-order valence-corrected chi connectivity index (χ1v) is 6.23. The highest BCUT2D eigenvalue weighted by Crippen LogP contribution is 2.31. The fourth-order valence-electron chi connectivity index (χ4n) is 2.77. The lowest BCUT2D eigenvalue weighted by Gasteiger charge is -2.39. The lowest BCUT2D eigenvalue weighted by molar-refractivity contribution is 0.414. The van der Waals surface area contributed by atoms with Crippen LogP contribution in [0.2, 0.25) is 0 Å². The summed E-state index contributed by atoms with van der Waals surface area (Å²) < 4.78 is 0. The number of nitrogens with zero attached hydrogens (tertiary/aromatic N) is 1. The number of anilines is 1. The van der Waals surface area contributed by atoms with E-state index in [1.165, 1.54) is 24.1 Å². The van der Waals surface area contributed by atoms with Crippen molar-refractivity contribution in [1.29, 1.82) is 0 Å². The molecule has 1 aromatic rings. The van der Waals surface area contributed by atoms with Crippen LogP contribution < -0.4 is 4.90 Å². The van der Waals surface area contributed by atoms with E-state index in [4.69, 9.17) is 0 Å². The highest BCUT2D eigenvalue weighted by molar-refractivity contribution is 5.51.